The first-order valence-corrected chi connectivity index (χ1v) is 10.1. The number of hydrogen-bond acceptors (Lipinski definition) is 3. The average molecular weight is 485 g/mol. The fourth-order valence-corrected chi connectivity index (χ4v) is 3.87. The first-order valence-electron chi connectivity index (χ1n) is 8.88. The maximum absolute atomic E-state index is 5.97. The summed E-state index contributed by atoms with van der Waals surface area (Å²) < 4.78 is 2.14. The molecule has 0 unspecified atom stereocenters. The molecule has 0 fully saturated rings. The summed E-state index contributed by atoms with van der Waals surface area (Å²) in [6, 6.07) is 28.2. The van der Waals surface area contributed by atoms with Gasteiger partial charge in [-0.15, -0.1) is 33.4 Å². The molecule has 0 N–H and O–H groups in total. The van der Waals surface area contributed by atoms with E-state index in [-0.39, 0.29) is 17.0 Å². The second-order valence-corrected chi connectivity index (χ2v) is 7.51. The Bertz CT molecular complexity index is 1160. The zero-order chi connectivity index (χ0) is 19.3. The second kappa shape index (κ2) is 9.83. The van der Waals surface area contributed by atoms with Crippen LogP contribution >= 0.6 is 39.9 Å². The van der Waals surface area contributed by atoms with E-state index in [0.29, 0.717) is 5.02 Å². The molecule has 1 aromatic heterocycles. The minimum absolute atomic E-state index is 0. The molecule has 146 valence electrons. The summed E-state index contributed by atoms with van der Waals surface area (Å²) in [6.07, 6.45) is 0. The summed E-state index contributed by atoms with van der Waals surface area (Å²) >= 11 is 7.55. The number of hydrogen-bond donors (Lipinski definition) is 0. The van der Waals surface area contributed by atoms with Gasteiger partial charge in [0.15, 0.2) is 0 Å². The van der Waals surface area contributed by atoms with Crippen molar-refractivity contribution in [2.24, 2.45) is 10.2 Å². The van der Waals surface area contributed by atoms with Gasteiger partial charge in [0.1, 0.15) is 0 Å². The summed E-state index contributed by atoms with van der Waals surface area (Å²) in [7, 11) is 0. The van der Waals surface area contributed by atoms with Gasteiger partial charge in [-0.3, -0.25) is 4.57 Å². The third kappa shape index (κ3) is 4.93. The first-order chi connectivity index (χ1) is 13.7. The third-order valence-corrected chi connectivity index (χ3v) is 5.41. The van der Waals surface area contributed by atoms with Crippen LogP contribution in [-0.4, -0.2) is 10.3 Å². The summed E-state index contributed by atoms with van der Waals surface area (Å²) in [5.41, 5.74) is 5.13. The van der Waals surface area contributed by atoms with Gasteiger partial charge >= 0.3 is 0 Å². The molecule has 3 nitrogen and oxygen atoms in total. The van der Waals surface area contributed by atoms with Gasteiger partial charge in [0.05, 0.1) is 11.4 Å². The Labute approximate surface area is 189 Å². The summed E-state index contributed by atoms with van der Waals surface area (Å²) in [4.78, 5) is 0.818. The number of rotatable bonds is 4. The molecule has 0 aliphatic heterocycles. The van der Waals surface area contributed by atoms with Gasteiger partial charge in [0.25, 0.3) is 0 Å². The van der Waals surface area contributed by atoms with E-state index in [4.69, 9.17) is 11.6 Å². The number of thiazole rings is 1. The fraction of sp³-hybridized carbons (Fsp3) is 0.0435. The Balaban J connectivity index is 0.00000240. The van der Waals surface area contributed by atoms with Crippen LogP contribution in [0.2, 0.25) is 5.02 Å². The quantitative estimate of drug-likeness (QED) is 0.226. The van der Waals surface area contributed by atoms with Crippen molar-refractivity contribution in [2.45, 2.75) is 6.92 Å². The normalized spacial score (nSPS) is 11.9. The summed E-state index contributed by atoms with van der Waals surface area (Å²) in [5.74, 6) is 0. The Morgan fingerprint density at radius 3 is 2.14 bits per heavy atom. The van der Waals surface area contributed by atoms with Gasteiger partial charge < -0.3 is 0 Å². The topological polar surface area (TPSA) is 29.6 Å². The molecule has 6 heteroatoms. The predicted molar refractivity (Wildman–Crippen MR) is 129 cm³/mol. The second-order valence-electron chi connectivity index (χ2n) is 6.23. The van der Waals surface area contributed by atoms with Crippen LogP contribution in [0.15, 0.2) is 101 Å². The van der Waals surface area contributed by atoms with Crippen LogP contribution in [-0.2, 0) is 0 Å². The van der Waals surface area contributed by atoms with Crippen LogP contribution in [0.4, 0.5) is 0 Å². The van der Waals surface area contributed by atoms with E-state index >= 15 is 0 Å². The van der Waals surface area contributed by atoms with Gasteiger partial charge in [0, 0.05) is 16.1 Å². The van der Waals surface area contributed by atoms with Crippen LogP contribution in [0.5, 0.6) is 0 Å². The lowest BCUT2D eigenvalue weighted by molar-refractivity contribution is 0.970. The van der Waals surface area contributed by atoms with Crippen molar-refractivity contribution in [1.29, 1.82) is 0 Å². The van der Waals surface area contributed by atoms with Crippen molar-refractivity contribution in [3.8, 4) is 16.9 Å². The van der Waals surface area contributed by atoms with Crippen LogP contribution in [0.1, 0.15) is 12.5 Å². The van der Waals surface area contributed by atoms with E-state index in [0.717, 1.165) is 33.0 Å². The van der Waals surface area contributed by atoms with Crippen molar-refractivity contribution >= 4 is 45.6 Å². The highest BCUT2D eigenvalue weighted by Crippen LogP contribution is 2.23. The van der Waals surface area contributed by atoms with Gasteiger partial charge in [0.2, 0.25) is 4.80 Å². The number of aromatic nitrogens is 1. The number of para-hydroxylation sites is 1. The van der Waals surface area contributed by atoms with Crippen molar-refractivity contribution in [3.63, 3.8) is 0 Å². The van der Waals surface area contributed by atoms with Gasteiger partial charge in [-0.05, 0) is 42.3 Å². The van der Waals surface area contributed by atoms with E-state index in [1.807, 2.05) is 67.6 Å². The Kier molecular flexibility index (Phi) is 7.20. The molecule has 0 atom stereocenters. The zero-order valence-electron chi connectivity index (χ0n) is 15.7. The lowest BCUT2D eigenvalue weighted by atomic mass is 10.1. The maximum atomic E-state index is 5.97. The standard InChI is InChI=1S/C23H18ClN3S.BrH/c1-17(18-12-14-20(24)15-13-18)25-26-23-27(21-10-6-3-7-11-21)22(16-28-23)19-8-4-2-5-9-19;/h2-16H,1H3;1H/b25-17-,26-23+;. The summed E-state index contributed by atoms with van der Waals surface area (Å²) in [5, 5.41) is 11.9. The van der Waals surface area contributed by atoms with Crippen LogP contribution < -0.4 is 4.80 Å². The summed E-state index contributed by atoms with van der Waals surface area (Å²) in [6.45, 7) is 1.95. The van der Waals surface area contributed by atoms with E-state index in [1.165, 1.54) is 0 Å². The zero-order valence-corrected chi connectivity index (χ0v) is 19.0. The molecular weight excluding hydrogens is 466 g/mol. The van der Waals surface area contributed by atoms with Crippen LogP contribution in [0, 0.1) is 0 Å². The molecule has 0 aliphatic carbocycles. The lowest BCUT2D eigenvalue weighted by Crippen LogP contribution is -2.13. The van der Waals surface area contributed by atoms with E-state index in [9.17, 15) is 0 Å². The van der Waals surface area contributed by atoms with Gasteiger partial charge in [-0.2, -0.15) is 5.10 Å². The SMILES string of the molecule is Br.C/C(=N/N=c1/scc(-c2ccccc2)n1-c1ccccc1)c1ccc(Cl)cc1. The molecule has 1 heterocycles. The van der Waals surface area contributed by atoms with Crippen LogP contribution in [0.3, 0.4) is 0 Å². The molecule has 29 heavy (non-hydrogen) atoms. The molecule has 0 spiro atoms. The largest absolute Gasteiger partial charge is 0.284 e. The molecule has 0 aliphatic rings. The molecule has 0 amide bonds. The minimum Gasteiger partial charge on any atom is -0.284 e. The molecule has 0 saturated heterocycles. The van der Waals surface area contributed by atoms with Crippen molar-refractivity contribution in [2.75, 3.05) is 0 Å². The molecule has 0 radical (unpaired) electrons. The lowest BCUT2D eigenvalue weighted by Gasteiger charge is -2.08. The van der Waals surface area contributed by atoms with Gasteiger partial charge in [-0.1, -0.05) is 72.3 Å². The Hall–Kier alpha value is -2.47. The highest BCUT2D eigenvalue weighted by Gasteiger charge is 2.09. The highest BCUT2D eigenvalue weighted by molar-refractivity contribution is 8.93. The van der Waals surface area contributed by atoms with E-state index < -0.39 is 0 Å². The monoisotopic (exact) mass is 483 g/mol. The number of halogens is 2. The van der Waals surface area contributed by atoms with E-state index in [1.54, 1.807) is 11.3 Å². The molecular formula is C23H19BrClN3S. The maximum Gasteiger partial charge on any atom is 0.215 e. The van der Waals surface area contributed by atoms with Gasteiger partial charge in [-0.25, -0.2) is 0 Å². The van der Waals surface area contributed by atoms with Crippen molar-refractivity contribution < 1.29 is 0 Å². The van der Waals surface area contributed by atoms with Crippen molar-refractivity contribution in [1.82, 2.24) is 4.57 Å². The number of nitrogens with zero attached hydrogens (tertiary/aromatic N) is 3. The highest BCUT2D eigenvalue weighted by atomic mass is 79.9. The van der Waals surface area contributed by atoms with Crippen molar-refractivity contribution in [3.05, 3.63) is 106 Å². The van der Waals surface area contributed by atoms with Crippen LogP contribution in [0.25, 0.3) is 16.9 Å². The predicted octanol–water partition coefficient (Wildman–Crippen LogP) is 6.76. The molecule has 4 aromatic rings. The molecule has 0 bridgehead atoms. The third-order valence-electron chi connectivity index (χ3n) is 4.34. The molecule has 0 saturated carbocycles. The fourth-order valence-electron chi connectivity index (χ4n) is 2.88. The Morgan fingerprint density at radius 1 is 0.862 bits per heavy atom. The number of benzene rings is 3. The molecule has 4 rings (SSSR count). The minimum atomic E-state index is 0. The average Bonchev–Trinajstić information content (AvgIpc) is 3.18. The Morgan fingerprint density at radius 2 is 1.48 bits per heavy atom. The molecule has 3 aromatic carbocycles. The smallest absolute Gasteiger partial charge is 0.215 e. The van der Waals surface area contributed by atoms with E-state index in [2.05, 4.69) is 44.4 Å². The first kappa shape index (κ1) is 21.2.